The van der Waals surface area contributed by atoms with Gasteiger partial charge in [0.05, 0.1) is 0 Å². The zero-order valence-corrected chi connectivity index (χ0v) is 12.6. The minimum atomic E-state index is 0.563. The van der Waals surface area contributed by atoms with Crippen LogP contribution in [0.15, 0.2) is 24.3 Å². The van der Waals surface area contributed by atoms with Crippen LogP contribution in [-0.2, 0) is 0 Å². The molecule has 1 aliphatic carbocycles. The van der Waals surface area contributed by atoms with E-state index in [-0.39, 0.29) is 0 Å². The van der Waals surface area contributed by atoms with E-state index in [1.807, 2.05) is 0 Å². The van der Waals surface area contributed by atoms with Gasteiger partial charge in [-0.3, -0.25) is 0 Å². The molecular weight excluding hydrogens is 230 g/mol. The monoisotopic (exact) mass is 259 g/mol. The van der Waals surface area contributed by atoms with Crippen molar-refractivity contribution in [2.45, 2.75) is 70.8 Å². The fourth-order valence-electron chi connectivity index (χ4n) is 3.13. The molecular formula is C18H29N. The Morgan fingerprint density at radius 1 is 1.16 bits per heavy atom. The summed E-state index contributed by atoms with van der Waals surface area (Å²) in [6.45, 7) is 5.57. The molecule has 19 heavy (non-hydrogen) atoms. The van der Waals surface area contributed by atoms with Crippen LogP contribution in [0.1, 0.15) is 81.9 Å². The lowest BCUT2D eigenvalue weighted by Gasteiger charge is -2.31. The standard InChI is InChI=1S/C18H29N/c1-3-5-6-14-18(19-4-2)17-13-8-7-12-16(17)15-10-9-11-15/h7-8,12-13,15,18-19H,3-6,9-11,14H2,1-2H3. The first-order chi connectivity index (χ1) is 9.36. The summed E-state index contributed by atoms with van der Waals surface area (Å²) >= 11 is 0. The van der Waals surface area contributed by atoms with Gasteiger partial charge in [-0.2, -0.15) is 0 Å². The third-order valence-electron chi connectivity index (χ3n) is 4.46. The van der Waals surface area contributed by atoms with Crippen molar-refractivity contribution in [2.24, 2.45) is 0 Å². The topological polar surface area (TPSA) is 12.0 Å². The van der Waals surface area contributed by atoms with Crippen molar-refractivity contribution in [3.8, 4) is 0 Å². The van der Waals surface area contributed by atoms with E-state index in [2.05, 4.69) is 43.4 Å². The Labute approximate surface area is 118 Å². The van der Waals surface area contributed by atoms with Crippen LogP contribution in [0.4, 0.5) is 0 Å². The molecule has 1 heteroatoms. The molecule has 0 aliphatic heterocycles. The number of nitrogens with one attached hydrogen (secondary N) is 1. The molecule has 0 spiro atoms. The summed E-state index contributed by atoms with van der Waals surface area (Å²) in [5, 5.41) is 3.70. The molecule has 1 atom stereocenters. The number of rotatable bonds is 8. The Balaban J connectivity index is 2.10. The lowest BCUT2D eigenvalue weighted by molar-refractivity contribution is 0.407. The van der Waals surface area contributed by atoms with Crippen molar-refractivity contribution in [1.29, 1.82) is 0 Å². The molecule has 1 nitrogen and oxygen atoms in total. The Morgan fingerprint density at radius 2 is 1.95 bits per heavy atom. The van der Waals surface area contributed by atoms with Crippen molar-refractivity contribution in [3.63, 3.8) is 0 Å². The zero-order chi connectivity index (χ0) is 13.5. The second-order valence-electron chi connectivity index (χ2n) is 5.86. The summed E-state index contributed by atoms with van der Waals surface area (Å²) in [4.78, 5) is 0. The molecule has 1 aromatic carbocycles. The van der Waals surface area contributed by atoms with E-state index in [1.165, 1.54) is 44.9 Å². The van der Waals surface area contributed by atoms with Crippen LogP contribution in [0.5, 0.6) is 0 Å². The van der Waals surface area contributed by atoms with Crippen molar-refractivity contribution in [2.75, 3.05) is 6.54 Å². The van der Waals surface area contributed by atoms with Crippen LogP contribution < -0.4 is 5.32 Å². The highest BCUT2D eigenvalue weighted by Gasteiger charge is 2.24. The maximum atomic E-state index is 3.70. The first-order valence-electron chi connectivity index (χ1n) is 8.19. The minimum absolute atomic E-state index is 0.563. The second-order valence-corrected chi connectivity index (χ2v) is 5.86. The first kappa shape index (κ1) is 14.6. The number of benzene rings is 1. The third kappa shape index (κ3) is 3.82. The van der Waals surface area contributed by atoms with Gasteiger partial charge < -0.3 is 5.32 Å². The highest BCUT2D eigenvalue weighted by Crippen LogP contribution is 2.40. The van der Waals surface area contributed by atoms with Crippen molar-refractivity contribution < 1.29 is 0 Å². The summed E-state index contributed by atoms with van der Waals surface area (Å²) < 4.78 is 0. The molecule has 1 fully saturated rings. The van der Waals surface area contributed by atoms with Crippen molar-refractivity contribution in [1.82, 2.24) is 5.32 Å². The lowest BCUT2D eigenvalue weighted by Crippen LogP contribution is -2.23. The van der Waals surface area contributed by atoms with E-state index < -0.39 is 0 Å². The van der Waals surface area contributed by atoms with Crippen LogP contribution in [0.3, 0.4) is 0 Å². The number of unbranched alkanes of at least 4 members (excludes halogenated alkanes) is 2. The van der Waals surface area contributed by atoms with E-state index in [0.29, 0.717) is 6.04 Å². The highest BCUT2D eigenvalue weighted by atomic mass is 14.9. The number of hydrogen-bond acceptors (Lipinski definition) is 1. The average Bonchev–Trinajstić information content (AvgIpc) is 2.37. The minimum Gasteiger partial charge on any atom is -0.310 e. The van der Waals surface area contributed by atoms with Gasteiger partial charge in [-0.25, -0.2) is 0 Å². The molecule has 0 heterocycles. The molecule has 106 valence electrons. The summed E-state index contributed by atoms with van der Waals surface area (Å²) in [7, 11) is 0. The molecule has 1 aromatic rings. The predicted molar refractivity (Wildman–Crippen MR) is 83.6 cm³/mol. The molecule has 1 unspecified atom stereocenters. The Hall–Kier alpha value is -0.820. The summed E-state index contributed by atoms with van der Waals surface area (Å²) in [5.74, 6) is 0.837. The normalized spacial score (nSPS) is 17.2. The summed E-state index contributed by atoms with van der Waals surface area (Å²) in [6.07, 6.45) is 9.49. The van der Waals surface area contributed by atoms with E-state index >= 15 is 0 Å². The van der Waals surface area contributed by atoms with Crippen LogP contribution in [0, 0.1) is 0 Å². The lowest BCUT2D eigenvalue weighted by atomic mass is 9.76. The van der Waals surface area contributed by atoms with E-state index in [0.717, 1.165) is 12.5 Å². The van der Waals surface area contributed by atoms with Crippen LogP contribution >= 0.6 is 0 Å². The van der Waals surface area contributed by atoms with Crippen LogP contribution in [0.2, 0.25) is 0 Å². The number of hydrogen-bond donors (Lipinski definition) is 1. The van der Waals surface area contributed by atoms with Gasteiger partial charge >= 0.3 is 0 Å². The van der Waals surface area contributed by atoms with Crippen molar-refractivity contribution >= 4 is 0 Å². The van der Waals surface area contributed by atoms with Gasteiger partial charge in [-0.15, -0.1) is 0 Å². The van der Waals surface area contributed by atoms with Gasteiger partial charge in [0.1, 0.15) is 0 Å². The van der Waals surface area contributed by atoms with Crippen molar-refractivity contribution in [3.05, 3.63) is 35.4 Å². The summed E-state index contributed by atoms with van der Waals surface area (Å²) in [6, 6.07) is 9.71. The van der Waals surface area contributed by atoms with E-state index in [4.69, 9.17) is 0 Å². The molecule has 1 aliphatic rings. The molecule has 0 radical (unpaired) electrons. The smallest absolute Gasteiger partial charge is 0.0322 e. The van der Waals surface area contributed by atoms with Gasteiger partial charge in [-0.1, -0.05) is 63.8 Å². The fourth-order valence-corrected chi connectivity index (χ4v) is 3.13. The van der Waals surface area contributed by atoms with Gasteiger partial charge in [0.15, 0.2) is 0 Å². The predicted octanol–water partition coefficient (Wildman–Crippen LogP) is 5.19. The Kier molecular flexibility index (Phi) is 5.91. The zero-order valence-electron chi connectivity index (χ0n) is 12.6. The second kappa shape index (κ2) is 7.69. The van der Waals surface area contributed by atoms with Gasteiger partial charge in [-0.05, 0) is 42.9 Å². The van der Waals surface area contributed by atoms with E-state index in [1.54, 1.807) is 11.1 Å². The average molecular weight is 259 g/mol. The third-order valence-corrected chi connectivity index (χ3v) is 4.46. The van der Waals surface area contributed by atoms with Gasteiger partial charge in [0.25, 0.3) is 0 Å². The Bertz CT molecular complexity index is 368. The van der Waals surface area contributed by atoms with Gasteiger partial charge in [0, 0.05) is 6.04 Å². The maximum absolute atomic E-state index is 3.70. The molecule has 1 saturated carbocycles. The first-order valence-corrected chi connectivity index (χ1v) is 8.19. The molecule has 2 rings (SSSR count). The van der Waals surface area contributed by atoms with Crippen LogP contribution in [-0.4, -0.2) is 6.54 Å². The van der Waals surface area contributed by atoms with Crippen LogP contribution in [0.25, 0.3) is 0 Å². The molecule has 0 bridgehead atoms. The molecule has 0 aromatic heterocycles. The Morgan fingerprint density at radius 3 is 2.58 bits per heavy atom. The molecule has 1 N–H and O–H groups in total. The van der Waals surface area contributed by atoms with E-state index in [9.17, 15) is 0 Å². The SMILES string of the molecule is CCCCCC(NCC)c1ccccc1C1CCC1. The maximum Gasteiger partial charge on any atom is 0.0322 e. The quantitative estimate of drug-likeness (QED) is 0.634. The fraction of sp³-hybridized carbons (Fsp3) is 0.667. The summed E-state index contributed by atoms with van der Waals surface area (Å²) in [5.41, 5.74) is 3.20. The molecule has 0 saturated heterocycles. The van der Waals surface area contributed by atoms with Gasteiger partial charge in [0.2, 0.25) is 0 Å². The highest BCUT2D eigenvalue weighted by molar-refractivity contribution is 5.34. The molecule has 0 amide bonds. The largest absolute Gasteiger partial charge is 0.310 e.